The van der Waals surface area contributed by atoms with E-state index in [0.717, 1.165) is 18.2 Å². The molecule has 0 unspecified atom stereocenters. The molecule has 35 heavy (non-hydrogen) atoms. The molecule has 2 aromatic carbocycles. The molecule has 3 aromatic rings. The van der Waals surface area contributed by atoms with E-state index in [1.54, 1.807) is 13.0 Å². The summed E-state index contributed by atoms with van der Waals surface area (Å²) in [5.74, 6) is -0.906. The van der Waals surface area contributed by atoms with E-state index in [1.165, 1.54) is 30.3 Å². The number of nitrogens with one attached hydrogen (secondary N) is 1. The quantitative estimate of drug-likeness (QED) is 0.205. The van der Waals surface area contributed by atoms with Gasteiger partial charge in [0.25, 0.3) is 17.3 Å². The van der Waals surface area contributed by atoms with Gasteiger partial charge in [0, 0.05) is 35.9 Å². The number of rotatable bonds is 6. The smallest absolute Gasteiger partial charge is 0.418 e. The molecular weight excluding hydrogens is 473 g/mol. The van der Waals surface area contributed by atoms with E-state index in [2.05, 4.69) is 0 Å². The average Bonchev–Trinajstić information content (AvgIpc) is 3.24. The number of nitrogens with zero attached hydrogens (tertiary/aromatic N) is 3. The summed E-state index contributed by atoms with van der Waals surface area (Å²) < 4.78 is 45.6. The van der Waals surface area contributed by atoms with Crippen LogP contribution in [0.5, 0.6) is 0 Å². The Labute approximate surface area is 194 Å². The van der Waals surface area contributed by atoms with Gasteiger partial charge in [-0.15, -0.1) is 0 Å². The third-order valence-corrected chi connectivity index (χ3v) is 4.73. The Kier molecular flexibility index (Phi) is 6.67. The second kappa shape index (κ2) is 9.48. The van der Waals surface area contributed by atoms with Gasteiger partial charge in [0.15, 0.2) is 0 Å². The molecule has 0 aliphatic carbocycles. The van der Waals surface area contributed by atoms with Gasteiger partial charge in [-0.1, -0.05) is 0 Å². The summed E-state index contributed by atoms with van der Waals surface area (Å²) in [5, 5.41) is 33.0. The molecule has 3 rings (SSSR count). The standard InChI is InChI=1S/C22H13F3N4O6/c1-12-8-14(28(31)32)2-5-17(12)20-7-4-16(35-20)9-13(11-26)21(30)27-19-6-3-15(29(33)34)10-18(19)22(23,24)25/h2-10H,1H3,(H,27,30). The van der Waals surface area contributed by atoms with Crippen LogP contribution in [-0.2, 0) is 11.0 Å². The lowest BCUT2D eigenvalue weighted by Crippen LogP contribution is -2.18. The van der Waals surface area contributed by atoms with Gasteiger partial charge in [-0.2, -0.15) is 18.4 Å². The van der Waals surface area contributed by atoms with Gasteiger partial charge in [0.2, 0.25) is 0 Å². The van der Waals surface area contributed by atoms with Crippen LogP contribution in [0.4, 0.5) is 30.2 Å². The number of anilines is 1. The number of amides is 1. The third kappa shape index (κ3) is 5.50. The van der Waals surface area contributed by atoms with E-state index in [9.17, 15) is 43.5 Å². The number of halogens is 3. The highest BCUT2D eigenvalue weighted by molar-refractivity contribution is 6.09. The second-order valence-electron chi connectivity index (χ2n) is 7.07. The fourth-order valence-electron chi connectivity index (χ4n) is 3.08. The van der Waals surface area contributed by atoms with Gasteiger partial charge < -0.3 is 9.73 Å². The number of carbonyl (C=O) groups excluding carboxylic acids is 1. The van der Waals surface area contributed by atoms with Crippen molar-refractivity contribution in [2.24, 2.45) is 0 Å². The molecule has 1 aromatic heterocycles. The minimum atomic E-state index is -5.01. The molecule has 0 radical (unpaired) electrons. The first-order valence-electron chi connectivity index (χ1n) is 9.54. The van der Waals surface area contributed by atoms with Crippen LogP contribution >= 0.6 is 0 Å². The Morgan fingerprint density at radius 2 is 1.69 bits per heavy atom. The van der Waals surface area contributed by atoms with Gasteiger partial charge >= 0.3 is 6.18 Å². The van der Waals surface area contributed by atoms with Crippen LogP contribution in [0.2, 0.25) is 0 Å². The molecule has 13 heteroatoms. The molecule has 0 bridgehead atoms. The summed E-state index contributed by atoms with van der Waals surface area (Å²) in [6.07, 6.45) is -4.01. The Balaban J connectivity index is 1.89. The number of nitriles is 1. The normalized spacial score (nSPS) is 11.6. The summed E-state index contributed by atoms with van der Waals surface area (Å²) in [7, 11) is 0. The Morgan fingerprint density at radius 3 is 2.26 bits per heavy atom. The molecule has 10 nitrogen and oxygen atoms in total. The number of nitro groups is 2. The number of nitro benzene ring substituents is 2. The maximum atomic E-state index is 13.3. The number of benzene rings is 2. The van der Waals surface area contributed by atoms with Crippen LogP contribution in [-0.4, -0.2) is 15.8 Å². The van der Waals surface area contributed by atoms with Crippen LogP contribution in [0.3, 0.4) is 0 Å². The van der Waals surface area contributed by atoms with Gasteiger partial charge in [-0.25, -0.2) is 0 Å². The second-order valence-corrected chi connectivity index (χ2v) is 7.07. The van der Waals surface area contributed by atoms with E-state index in [0.29, 0.717) is 11.1 Å². The Bertz CT molecular complexity index is 1420. The van der Waals surface area contributed by atoms with Crippen molar-refractivity contribution < 1.29 is 32.2 Å². The topological polar surface area (TPSA) is 152 Å². The van der Waals surface area contributed by atoms with Gasteiger partial charge in [0.1, 0.15) is 23.2 Å². The highest BCUT2D eigenvalue weighted by Crippen LogP contribution is 2.37. The number of furan rings is 1. The van der Waals surface area contributed by atoms with Gasteiger partial charge in [0.05, 0.1) is 21.1 Å². The molecule has 1 amide bonds. The summed E-state index contributed by atoms with van der Waals surface area (Å²) in [6.45, 7) is 1.62. The van der Waals surface area contributed by atoms with Crippen LogP contribution in [0.15, 0.2) is 58.5 Å². The van der Waals surface area contributed by atoms with Crippen LogP contribution in [0.1, 0.15) is 16.9 Å². The molecule has 0 atom stereocenters. The van der Waals surface area contributed by atoms with Crippen molar-refractivity contribution in [3.63, 3.8) is 0 Å². The predicted octanol–water partition coefficient (Wildman–Crippen LogP) is 5.64. The molecule has 0 saturated carbocycles. The first kappa shape index (κ1) is 24.6. The van der Waals surface area contributed by atoms with Crippen molar-refractivity contribution in [3.05, 3.63) is 91.2 Å². The van der Waals surface area contributed by atoms with E-state index in [-0.39, 0.29) is 23.3 Å². The zero-order valence-electron chi connectivity index (χ0n) is 17.6. The lowest BCUT2D eigenvalue weighted by atomic mass is 10.1. The highest BCUT2D eigenvalue weighted by Gasteiger charge is 2.36. The zero-order valence-corrected chi connectivity index (χ0v) is 17.6. The summed E-state index contributed by atoms with van der Waals surface area (Å²) in [4.78, 5) is 32.6. The number of non-ortho nitro benzene ring substituents is 2. The van der Waals surface area contributed by atoms with E-state index >= 15 is 0 Å². The van der Waals surface area contributed by atoms with E-state index < -0.39 is 44.4 Å². The summed E-state index contributed by atoms with van der Waals surface area (Å²) in [6, 6.07) is 10.3. The predicted molar refractivity (Wildman–Crippen MR) is 116 cm³/mol. The van der Waals surface area contributed by atoms with E-state index in [1.807, 2.05) is 5.32 Å². The van der Waals surface area contributed by atoms with Crippen molar-refractivity contribution >= 4 is 29.0 Å². The molecule has 1 heterocycles. The van der Waals surface area contributed by atoms with Crippen molar-refractivity contribution in [1.82, 2.24) is 0 Å². The largest absolute Gasteiger partial charge is 0.457 e. The molecule has 0 aliphatic heterocycles. The van der Waals surface area contributed by atoms with Crippen LogP contribution in [0, 0.1) is 38.5 Å². The number of aryl methyl sites for hydroxylation is 1. The monoisotopic (exact) mass is 486 g/mol. The SMILES string of the molecule is Cc1cc([N+](=O)[O-])ccc1-c1ccc(C=C(C#N)C(=O)Nc2ccc([N+](=O)[O-])cc2C(F)(F)F)o1. The number of alkyl halides is 3. The molecule has 0 fully saturated rings. The summed E-state index contributed by atoms with van der Waals surface area (Å²) in [5.41, 5.74) is -2.72. The molecule has 1 N–H and O–H groups in total. The first-order valence-corrected chi connectivity index (χ1v) is 9.54. The number of carbonyl (C=O) groups is 1. The zero-order chi connectivity index (χ0) is 25.9. The molecule has 0 spiro atoms. The molecule has 178 valence electrons. The van der Waals surface area contributed by atoms with Crippen molar-refractivity contribution in [2.45, 2.75) is 13.1 Å². The van der Waals surface area contributed by atoms with Gasteiger partial charge in [-0.05, 0) is 36.8 Å². The van der Waals surface area contributed by atoms with Crippen molar-refractivity contribution in [3.8, 4) is 17.4 Å². The molecular formula is C22H13F3N4O6. The van der Waals surface area contributed by atoms with Crippen molar-refractivity contribution in [2.75, 3.05) is 5.32 Å². The maximum Gasteiger partial charge on any atom is 0.418 e. The summed E-state index contributed by atoms with van der Waals surface area (Å²) >= 11 is 0. The van der Waals surface area contributed by atoms with E-state index in [4.69, 9.17) is 4.42 Å². The minimum absolute atomic E-state index is 0.0178. The fourth-order valence-corrected chi connectivity index (χ4v) is 3.08. The number of hydrogen-bond acceptors (Lipinski definition) is 7. The first-order chi connectivity index (χ1) is 16.4. The third-order valence-electron chi connectivity index (χ3n) is 4.73. The minimum Gasteiger partial charge on any atom is -0.457 e. The fraction of sp³-hybridized carbons (Fsp3) is 0.0909. The molecule has 0 aliphatic rings. The van der Waals surface area contributed by atoms with Gasteiger partial charge in [-0.3, -0.25) is 25.0 Å². The van der Waals surface area contributed by atoms with Crippen LogP contribution < -0.4 is 5.32 Å². The average molecular weight is 486 g/mol. The Morgan fingerprint density at radius 1 is 1.06 bits per heavy atom. The lowest BCUT2D eigenvalue weighted by molar-refractivity contribution is -0.385. The Hall–Kier alpha value is -4.99. The van der Waals surface area contributed by atoms with Crippen LogP contribution in [0.25, 0.3) is 17.4 Å². The maximum absolute atomic E-state index is 13.3. The molecule has 0 saturated heterocycles. The lowest BCUT2D eigenvalue weighted by Gasteiger charge is -2.13. The number of hydrogen-bond donors (Lipinski definition) is 1. The highest BCUT2D eigenvalue weighted by atomic mass is 19.4. The van der Waals surface area contributed by atoms with Crippen molar-refractivity contribution in [1.29, 1.82) is 5.26 Å².